The van der Waals surface area contributed by atoms with Crippen LogP contribution in [0, 0.1) is 6.92 Å². The van der Waals surface area contributed by atoms with Gasteiger partial charge in [-0.2, -0.15) is 0 Å². The van der Waals surface area contributed by atoms with Gasteiger partial charge in [0, 0.05) is 62.0 Å². The van der Waals surface area contributed by atoms with Crippen molar-refractivity contribution in [1.82, 2.24) is 0 Å². The molecule has 3 heterocycles. The molecule has 9 aromatic carbocycles. The second kappa shape index (κ2) is 20.7. The SMILES string of the molecule is C/C=C\C=C/c1c(C)oc2cc(-c3ccc(N4c5cc(N(c6ccc(C(C)(C)C)cc6)c6ccccc6-c6ccccc6)ccc5B5c6cc(C(C)(C)C)ccc6N(c6ccc(C(C)(C)C)cc6)c6cc(C(C)(C)C)cc4c65)cc3)ccc12. The average Bonchev–Trinajstić information content (AvgIpc) is 2.42. The van der Waals surface area contributed by atoms with Gasteiger partial charge in [0.05, 0.1) is 5.69 Å². The number of rotatable bonds is 9. The van der Waals surface area contributed by atoms with E-state index in [9.17, 15) is 0 Å². The highest BCUT2D eigenvalue weighted by Gasteiger charge is 2.45. The number of hydrogen-bond donors (Lipinski definition) is 0. The Labute approximate surface area is 494 Å². The van der Waals surface area contributed by atoms with E-state index in [4.69, 9.17) is 4.42 Å². The van der Waals surface area contributed by atoms with Crippen LogP contribution < -0.4 is 31.1 Å². The maximum absolute atomic E-state index is 6.43. The maximum Gasteiger partial charge on any atom is 0.252 e. The zero-order chi connectivity index (χ0) is 58.3. The quantitative estimate of drug-likeness (QED) is 0.106. The summed E-state index contributed by atoms with van der Waals surface area (Å²) >= 11 is 0. The van der Waals surface area contributed by atoms with Crippen LogP contribution in [0.15, 0.2) is 217 Å². The number of nitrogens with zero attached hydrogens (tertiary/aromatic N) is 3. The Morgan fingerprint density at radius 1 is 0.434 bits per heavy atom. The van der Waals surface area contributed by atoms with Crippen molar-refractivity contribution in [2.75, 3.05) is 14.7 Å². The van der Waals surface area contributed by atoms with Gasteiger partial charge in [0.1, 0.15) is 11.3 Å². The Kier molecular flexibility index (Phi) is 13.7. The van der Waals surface area contributed by atoms with Crippen LogP contribution in [-0.2, 0) is 21.7 Å². The molecule has 0 radical (unpaired) electrons. The fraction of sp³-hybridized carbons (Fsp3) is 0.231. The van der Waals surface area contributed by atoms with E-state index in [0.29, 0.717) is 0 Å². The molecule has 0 fully saturated rings. The van der Waals surface area contributed by atoms with Crippen LogP contribution >= 0.6 is 0 Å². The first-order valence-electron chi connectivity index (χ1n) is 29.7. The lowest BCUT2D eigenvalue weighted by Gasteiger charge is -2.45. The van der Waals surface area contributed by atoms with Crippen LogP contribution in [0.4, 0.5) is 51.2 Å². The molecule has 0 amide bonds. The van der Waals surface area contributed by atoms with Gasteiger partial charge in [0.15, 0.2) is 0 Å². The first kappa shape index (κ1) is 55.0. The standard InChI is InChI=1S/C78H78BN3O/c1-15-16-18-25-63-51(2)83-73-46-54(30-43-65(63)73)52-28-36-60(37-29-52)82-70-50-62(80(59-38-31-55(32-39-59)75(3,4)5)68-27-22-21-26-64(68)53-23-19-17-20-24-53)42-44-66(70)79-67-47-57(77(9,10)11)35-45-69(67)81(61-40-33-56(34-41-61)76(6,7)8)71-48-58(78(12,13)14)49-72(82)74(71)79/h15-50H,1-14H3/b16-15-,25-18-. The Morgan fingerprint density at radius 2 is 0.988 bits per heavy atom. The molecule has 414 valence electrons. The summed E-state index contributed by atoms with van der Waals surface area (Å²) in [5.74, 6) is 0.914. The van der Waals surface area contributed by atoms with Gasteiger partial charge in [-0.25, -0.2) is 0 Å². The number of benzene rings is 9. The summed E-state index contributed by atoms with van der Waals surface area (Å²) in [7, 11) is 0. The Morgan fingerprint density at radius 3 is 1.61 bits per heavy atom. The number of anilines is 9. The van der Waals surface area contributed by atoms with Crippen molar-refractivity contribution in [1.29, 1.82) is 0 Å². The number of para-hydroxylation sites is 1. The minimum atomic E-state index is -0.181. The molecule has 0 aliphatic carbocycles. The van der Waals surface area contributed by atoms with E-state index in [1.54, 1.807) is 0 Å². The minimum absolute atomic E-state index is 0.00247. The highest BCUT2D eigenvalue weighted by Crippen LogP contribution is 2.50. The molecule has 0 spiro atoms. The topological polar surface area (TPSA) is 22.9 Å². The molecule has 2 aliphatic heterocycles. The molecule has 4 nitrogen and oxygen atoms in total. The monoisotopic (exact) mass is 1080 g/mol. The van der Waals surface area contributed by atoms with Crippen LogP contribution in [0.2, 0.25) is 0 Å². The predicted molar refractivity (Wildman–Crippen MR) is 359 cm³/mol. The fourth-order valence-electron chi connectivity index (χ4n) is 12.5. The fourth-order valence-corrected chi connectivity index (χ4v) is 12.5. The molecule has 0 saturated heterocycles. The molecule has 10 aromatic rings. The van der Waals surface area contributed by atoms with Crippen molar-refractivity contribution >= 4 is 91.3 Å². The summed E-state index contributed by atoms with van der Waals surface area (Å²) in [6.07, 6.45) is 8.32. The van der Waals surface area contributed by atoms with E-state index in [2.05, 4.69) is 317 Å². The summed E-state index contributed by atoms with van der Waals surface area (Å²) < 4.78 is 6.43. The third-order valence-corrected chi connectivity index (χ3v) is 17.2. The molecule has 0 atom stereocenters. The Bertz CT molecular complexity index is 4130. The van der Waals surface area contributed by atoms with Crippen LogP contribution in [0.1, 0.15) is 124 Å². The molecular formula is C78H78BN3O. The van der Waals surface area contributed by atoms with Gasteiger partial charge in [-0.15, -0.1) is 0 Å². The molecule has 0 bridgehead atoms. The van der Waals surface area contributed by atoms with Gasteiger partial charge in [-0.05, 0) is 176 Å². The van der Waals surface area contributed by atoms with Crippen molar-refractivity contribution in [2.24, 2.45) is 0 Å². The van der Waals surface area contributed by atoms with Crippen molar-refractivity contribution in [3.63, 3.8) is 0 Å². The second-order valence-corrected chi connectivity index (χ2v) is 27.1. The van der Waals surface area contributed by atoms with Crippen LogP contribution in [0.25, 0.3) is 39.3 Å². The highest BCUT2D eigenvalue weighted by molar-refractivity contribution is 7.00. The Hall–Kier alpha value is -8.54. The number of fused-ring (bicyclic) bond motifs is 5. The number of furan rings is 1. The molecule has 0 saturated carbocycles. The van der Waals surface area contributed by atoms with Crippen LogP contribution in [0.5, 0.6) is 0 Å². The van der Waals surface area contributed by atoms with Gasteiger partial charge in [0.2, 0.25) is 0 Å². The van der Waals surface area contributed by atoms with E-state index in [1.807, 2.05) is 13.0 Å². The number of aryl methyl sites for hydroxylation is 1. The third-order valence-electron chi connectivity index (χ3n) is 17.2. The summed E-state index contributed by atoms with van der Waals surface area (Å²) in [6.45, 7) is 31.9. The summed E-state index contributed by atoms with van der Waals surface area (Å²) in [4.78, 5) is 7.63. The first-order valence-corrected chi connectivity index (χ1v) is 29.7. The molecule has 2 aliphatic rings. The highest BCUT2D eigenvalue weighted by atomic mass is 16.3. The van der Waals surface area contributed by atoms with Crippen molar-refractivity contribution in [2.45, 2.75) is 119 Å². The van der Waals surface area contributed by atoms with Crippen LogP contribution in [-0.4, -0.2) is 6.71 Å². The van der Waals surface area contributed by atoms with Crippen molar-refractivity contribution < 1.29 is 4.42 Å². The normalized spacial score (nSPS) is 13.5. The van der Waals surface area contributed by atoms with Crippen LogP contribution in [0.3, 0.4) is 0 Å². The largest absolute Gasteiger partial charge is 0.461 e. The lowest BCUT2D eigenvalue weighted by molar-refractivity contribution is 0.577. The zero-order valence-electron chi connectivity index (χ0n) is 51.1. The molecule has 0 unspecified atom stereocenters. The molecule has 1 aromatic heterocycles. The van der Waals surface area contributed by atoms with E-state index >= 15 is 0 Å². The van der Waals surface area contributed by atoms with Gasteiger partial charge in [0.25, 0.3) is 6.71 Å². The molecule has 0 N–H and O–H groups in total. The van der Waals surface area contributed by atoms with E-state index < -0.39 is 0 Å². The summed E-state index contributed by atoms with van der Waals surface area (Å²) in [5, 5.41) is 1.11. The predicted octanol–water partition coefficient (Wildman–Crippen LogP) is 20.4. The summed E-state index contributed by atoms with van der Waals surface area (Å²) in [6, 6.07) is 73.8. The lowest BCUT2D eigenvalue weighted by Crippen LogP contribution is -2.61. The molecule has 5 heteroatoms. The van der Waals surface area contributed by atoms with Gasteiger partial charge in [-0.1, -0.05) is 217 Å². The Balaban J connectivity index is 1.13. The van der Waals surface area contributed by atoms with E-state index in [1.165, 1.54) is 66.8 Å². The number of hydrogen-bond acceptors (Lipinski definition) is 4. The van der Waals surface area contributed by atoms with Gasteiger partial charge < -0.3 is 19.1 Å². The smallest absolute Gasteiger partial charge is 0.252 e. The number of allylic oxidation sites excluding steroid dienone is 3. The molecule has 12 rings (SSSR count). The second-order valence-electron chi connectivity index (χ2n) is 27.1. The van der Waals surface area contributed by atoms with Crippen molar-refractivity contribution in [3.05, 3.63) is 246 Å². The van der Waals surface area contributed by atoms with E-state index in [-0.39, 0.29) is 28.4 Å². The van der Waals surface area contributed by atoms with Gasteiger partial charge in [-0.3, -0.25) is 0 Å². The third kappa shape index (κ3) is 10.1. The van der Waals surface area contributed by atoms with Gasteiger partial charge >= 0.3 is 0 Å². The molecule has 83 heavy (non-hydrogen) atoms. The lowest BCUT2D eigenvalue weighted by atomic mass is 9.33. The minimum Gasteiger partial charge on any atom is -0.461 e. The van der Waals surface area contributed by atoms with Crippen molar-refractivity contribution in [3.8, 4) is 22.3 Å². The molecular weight excluding hydrogens is 1010 g/mol. The zero-order valence-corrected chi connectivity index (χ0v) is 51.1. The van der Waals surface area contributed by atoms with E-state index in [0.717, 1.165) is 67.5 Å². The maximum atomic E-state index is 6.43. The first-order chi connectivity index (χ1) is 39.6. The average molecular weight is 1080 g/mol. The summed E-state index contributed by atoms with van der Waals surface area (Å²) in [5.41, 5.74) is 25.7.